The third kappa shape index (κ3) is 4.11. The highest BCUT2D eigenvalue weighted by atomic mass is 16.6. The van der Waals surface area contributed by atoms with Crippen molar-refractivity contribution in [1.29, 1.82) is 0 Å². The Kier molecular flexibility index (Phi) is 5.03. The van der Waals surface area contributed by atoms with Gasteiger partial charge in [0, 0.05) is 5.90 Å². The largest absolute Gasteiger partial charge is 0.857 e. The zero-order valence-electron chi connectivity index (χ0n) is 9.90. The molecule has 1 rings (SSSR count). The fourth-order valence-electron chi connectivity index (χ4n) is 1.09. The number of methoxy groups -OCH3 is 1. The van der Waals surface area contributed by atoms with Crippen LogP contribution in [-0.2, 0) is 9.53 Å². The van der Waals surface area contributed by atoms with Gasteiger partial charge in [-0.1, -0.05) is 30.3 Å². The molecule has 0 amide bonds. The molecule has 1 N–H and O–H groups in total. The first-order valence-electron chi connectivity index (χ1n) is 5.04. The fourth-order valence-corrected chi connectivity index (χ4v) is 1.09. The summed E-state index contributed by atoms with van der Waals surface area (Å²) in [5, 5.41) is 25.4. The number of hydrogen-bond acceptors (Lipinski definition) is 7. The molecule has 19 heavy (non-hydrogen) atoms. The van der Waals surface area contributed by atoms with Gasteiger partial charge >= 0.3 is 11.7 Å². The van der Waals surface area contributed by atoms with Crippen LogP contribution in [0.5, 0.6) is 0 Å². The van der Waals surface area contributed by atoms with E-state index in [4.69, 9.17) is 0 Å². The van der Waals surface area contributed by atoms with Gasteiger partial charge < -0.3 is 9.84 Å². The standard InChI is InChI=1S/C11H11N3O5/c1-19-11(16)9(14(17)18)7-12-13-10(15)8-5-3-2-4-6-8/h2-7,12H,1H3,(H,13,15)/p-1/b9-7-. The lowest BCUT2D eigenvalue weighted by Crippen LogP contribution is -2.22. The molecule has 0 saturated heterocycles. The number of nitro groups is 1. The van der Waals surface area contributed by atoms with Crippen molar-refractivity contribution >= 4 is 11.9 Å². The van der Waals surface area contributed by atoms with Crippen molar-refractivity contribution in [3.63, 3.8) is 0 Å². The molecule has 0 bridgehead atoms. The Hall–Kier alpha value is -2.90. The van der Waals surface area contributed by atoms with Crippen molar-refractivity contribution < 1.29 is 19.6 Å². The van der Waals surface area contributed by atoms with Crippen LogP contribution in [0.2, 0.25) is 0 Å². The molecule has 1 aromatic carbocycles. The Balaban J connectivity index is 2.80. The molecule has 0 unspecified atom stereocenters. The van der Waals surface area contributed by atoms with Gasteiger partial charge in [0.1, 0.15) is 6.20 Å². The van der Waals surface area contributed by atoms with Gasteiger partial charge in [-0.25, -0.2) is 4.79 Å². The van der Waals surface area contributed by atoms with Crippen molar-refractivity contribution in [3.05, 3.63) is 57.9 Å². The van der Waals surface area contributed by atoms with Gasteiger partial charge in [0.2, 0.25) is 0 Å². The van der Waals surface area contributed by atoms with E-state index in [1.54, 1.807) is 18.2 Å². The second kappa shape index (κ2) is 6.74. The highest BCUT2D eigenvalue weighted by Crippen LogP contribution is 1.98. The van der Waals surface area contributed by atoms with Crippen LogP contribution < -0.4 is 10.5 Å². The molecular weight excluding hydrogens is 254 g/mol. The Bertz CT molecular complexity index is 524. The first-order valence-corrected chi connectivity index (χ1v) is 5.04. The number of benzene rings is 1. The summed E-state index contributed by atoms with van der Waals surface area (Å²) in [7, 11) is 1.01. The van der Waals surface area contributed by atoms with E-state index < -0.39 is 22.5 Å². The molecule has 0 atom stereocenters. The number of carbonyl (C=O) groups excluding carboxylic acids is 1. The summed E-state index contributed by atoms with van der Waals surface area (Å²) in [5.41, 5.74) is 1.51. The number of hydrazone groups is 1. The number of nitrogens with one attached hydrogen (secondary N) is 1. The van der Waals surface area contributed by atoms with E-state index >= 15 is 0 Å². The number of esters is 1. The zero-order valence-corrected chi connectivity index (χ0v) is 9.90. The maximum Gasteiger partial charge on any atom is 0.411 e. The Morgan fingerprint density at radius 2 is 2.05 bits per heavy atom. The van der Waals surface area contributed by atoms with Gasteiger partial charge in [0.25, 0.3) is 0 Å². The normalized spacial score (nSPS) is 11.8. The smallest absolute Gasteiger partial charge is 0.411 e. The molecule has 0 spiro atoms. The van der Waals surface area contributed by atoms with Gasteiger partial charge in [-0.3, -0.25) is 15.5 Å². The van der Waals surface area contributed by atoms with Gasteiger partial charge in [0.15, 0.2) is 0 Å². The van der Waals surface area contributed by atoms with Gasteiger partial charge in [-0.2, -0.15) is 5.10 Å². The molecule has 0 aliphatic carbocycles. The molecule has 100 valence electrons. The molecule has 0 aliphatic heterocycles. The van der Waals surface area contributed by atoms with Crippen LogP contribution in [0.3, 0.4) is 0 Å². The average molecular weight is 264 g/mol. The van der Waals surface area contributed by atoms with Crippen LogP contribution in [0.4, 0.5) is 0 Å². The summed E-state index contributed by atoms with van der Waals surface area (Å²) in [6.45, 7) is 0. The topological polar surface area (TPSA) is 117 Å². The second-order valence-electron chi connectivity index (χ2n) is 3.19. The summed E-state index contributed by atoms with van der Waals surface area (Å²) >= 11 is 0. The molecule has 0 radical (unpaired) electrons. The highest BCUT2D eigenvalue weighted by molar-refractivity contribution is 5.90. The Morgan fingerprint density at radius 1 is 1.42 bits per heavy atom. The number of ether oxygens (including phenoxy) is 1. The van der Waals surface area contributed by atoms with Crippen molar-refractivity contribution in [2.24, 2.45) is 5.10 Å². The molecule has 0 saturated carbocycles. The van der Waals surface area contributed by atoms with E-state index in [2.05, 4.69) is 15.3 Å². The zero-order chi connectivity index (χ0) is 14.3. The molecule has 0 aliphatic rings. The molecule has 0 fully saturated rings. The van der Waals surface area contributed by atoms with Gasteiger partial charge in [0.05, 0.1) is 12.0 Å². The van der Waals surface area contributed by atoms with Crippen molar-refractivity contribution in [3.8, 4) is 0 Å². The predicted octanol–water partition coefficient (Wildman–Crippen LogP) is -0.411. The number of carbonyl (C=O) groups is 1. The summed E-state index contributed by atoms with van der Waals surface area (Å²) in [6, 6.07) is 8.09. The summed E-state index contributed by atoms with van der Waals surface area (Å²) in [6.07, 6.45) is 0.687. The number of rotatable bonds is 5. The molecule has 1 aromatic rings. The lowest BCUT2D eigenvalue weighted by molar-refractivity contribution is -0.421. The average Bonchev–Trinajstić information content (AvgIpc) is 2.43. The van der Waals surface area contributed by atoms with Crippen LogP contribution in [0, 0.1) is 10.1 Å². The third-order valence-corrected chi connectivity index (χ3v) is 1.98. The maximum absolute atomic E-state index is 11.5. The Labute approximate surface area is 108 Å². The van der Waals surface area contributed by atoms with Crippen LogP contribution in [0.25, 0.3) is 0 Å². The fraction of sp³-hybridized carbons (Fsp3) is 0.0909. The predicted molar refractivity (Wildman–Crippen MR) is 63.2 cm³/mol. The quantitative estimate of drug-likeness (QED) is 0.193. The minimum Gasteiger partial charge on any atom is -0.857 e. The van der Waals surface area contributed by atoms with Gasteiger partial charge in [-0.05, 0) is 5.56 Å². The molecule has 8 heteroatoms. The summed E-state index contributed by atoms with van der Waals surface area (Å²) in [4.78, 5) is 20.6. The summed E-state index contributed by atoms with van der Waals surface area (Å²) < 4.78 is 4.20. The first kappa shape index (κ1) is 14.2. The van der Waals surface area contributed by atoms with E-state index in [0.717, 1.165) is 7.11 Å². The van der Waals surface area contributed by atoms with Gasteiger partial charge in [-0.15, -0.1) is 0 Å². The third-order valence-electron chi connectivity index (χ3n) is 1.98. The van der Waals surface area contributed by atoms with E-state index in [1.807, 2.05) is 0 Å². The SMILES string of the molecule is COC(=O)/C(=C/N/N=C(\[O-])c1ccccc1)[N+](=O)[O-]. The monoisotopic (exact) mass is 264 g/mol. The van der Waals surface area contributed by atoms with Crippen molar-refractivity contribution in [2.45, 2.75) is 0 Å². The summed E-state index contributed by atoms with van der Waals surface area (Å²) in [5.74, 6) is -1.76. The Morgan fingerprint density at radius 3 is 2.58 bits per heavy atom. The minimum absolute atomic E-state index is 0.309. The van der Waals surface area contributed by atoms with Crippen molar-refractivity contribution in [2.75, 3.05) is 7.11 Å². The first-order chi connectivity index (χ1) is 9.06. The van der Waals surface area contributed by atoms with Crippen LogP contribution in [0.1, 0.15) is 5.56 Å². The maximum atomic E-state index is 11.5. The molecule has 0 heterocycles. The van der Waals surface area contributed by atoms with E-state index in [1.165, 1.54) is 12.1 Å². The van der Waals surface area contributed by atoms with E-state index in [0.29, 0.717) is 11.8 Å². The van der Waals surface area contributed by atoms with Crippen LogP contribution in [-0.4, -0.2) is 23.9 Å². The lowest BCUT2D eigenvalue weighted by atomic mass is 10.2. The molecular formula is C11H10N3O5-. The van der Waals surface area contributed by atoms with Crippen LogP contribution >= 0.6 is 0 Å². The van der Waals surface area contributed by atoms with E-state index in [9.17, 15) is 20.0 Å². The van der Waals surface area contributed by atoms with Crippen LogP contribution in [0.15, 0.2) is 47.3 Å². The minimum atomic E-state index is -1.14. The second-order valence-corrected chi connectivity index (χ2v) is 3.19. The molecule has 8 nitrogen and oxygen atoms in total. The number of hydrogen-bond donors (Lipinski definition) is 1. The number of nitrogens with zero attached hydrogens (tertiary/aromatic N) is 2. The van der Waals surface area contributed by atoms with E-state index in [-0.39, 0.29) is 0 Å². The highest BCUT2D eigenvalue weighted by Gasteiger charge is 2.22. The van der Waals surface area contributed by atoms with Crippen molar-refractivity contribution in [1.82, 2.24) is 5.43 Å². The molecule has 0 aromatic heterocycles. The lowest BCUT2D eigenvalue weighted by Gasteiger charge is -2.09.